The van der Waals surface area contributed by atoms with Gasteiger partial charge in [0.2, 0.25) is 0 Å². The molecule has 2 heteroatoms. The molecule has 0 aliphatic carbocycles. The van der Waals surface area contributed by atoms with Gasteiger partial charge >= 0.3 is 0 Å². The van der Waals surface area contributed by atoms with Gasteiger partial charge in [-0.1, -0.05) is 11.6 Å². The summed E-state index contributed by atoms with van der Waals surface area (Å²) in [6.45, 7) is 4.10. The van der Waals surface area contributed by atoms with Crippen LogP contribution in [0.2, 0.25) is 0 Å². The fourth-order valence-electron chi connectivity index (χ4n) is 1.68. The van der Waals surface area contributed by atoms with Gasteiger partial charge in [-0.25, -0.2) is 0 Å². The third kappa shape index (κ3) is 2.54. The molecule has 0 radical (unpaired) electrons. The second-order valence-corrected chi connectivity index (χ2v) is 4.82. The Kier molecular flexibility index (Phi) is 3.01. The molecule has 2 rings (SSSR count). The molecule has 2 aromatic rings. The molecule has 80 valence electrons. The van der Waals surface area contributed by atoms with Crippen LogP contribution in [0.1, 0.15) is 24.7 Å². The van der Waals surface area contributed by atoms with Crippen LogP contribution in [-0.4, -0.2) is 5.38 Å². The summed E-state index contributed by atoms with van der Waals surface area (Å²) in [4.78, 5) is 0. The summed E-state index contributed by atoms with van der Waals surface area (Å²) in [6, 6.07) is 8.35. The Morgan fingerprint density at radius 3 is 2.87 bits per heavy atom. The van der Waals surface area contributed by atoms with Crippen molar-refractivity contribution in [3.05, 3.63) is 35.6 Å². The Bertz CT molecular complexity index is 457. The van der Waals surface area contributed by atoms with Crippen molar-refractivity contribution >= 4 is 22.6 Å². The van der Waals surface area contributed by atoms with Gasteiger partial charge in [0.15, 0.2) is 0 Å². The molecule has 1 nitrogen and oxygen atoms in total. The molecule has 0 N–H and O–H groups in total. The molecule has 0 saturated heterocycles. The van der Waals surface area contributed by atoms with Crippen molar-refractivity contribution in [2.24, 2.45) is 0 Å². The number of halogens is 1. The monoisotopic (exact) mass is 222 g/mol. The van der Waals surface area contributed by atoms with Gasteiger partial charge in [-0.05, 0) is 38.5 Å². The van der Waals surface area contributed by atoms with E-state index in [1.165, 1.54) is 10.9 Å². The van der Waals surface area contributed by atoms with E-state index >= 15 is 0 Å². The zero-order valence-electron chi connectivity index (χ0n) is 9.09. The second-order valence-electron chi connectivity index (χ2n) is 4.07. The SMILES string of the molecule is Cc1ccc2oc(CCC(C)Cl)cc2c1. The molecule has 0 aliphatic rings. The molecule has 0 aliphatic heterocycles. The van der Waals surface area contributed by atoms with E-state index in [0.717, 1.165) is 24.2 Å². The molecule has 1 aromatic carbocycles. The minimum absolute atomic E-state index is 0.208. The molecule has 1 unspecified atom stereocenters. The third-order valence-electron chi connectivity index (χ3n) is 2.51. The summed E-state index contributed by atoms with van der Waals surface area (Å²) in [7, 11) is 0. The summed E-state index contributed by atoms with van der Waals surface area (Å²) >= 11 is 5.91. The summed E-state index contributed by atoms with van der Waals surface area (Å²) in [5, 5.41) is 1.40. The van der Waals surface area contributed by atoms with Gasteiger partial charge in [0, 0.05) is 17.2 Å². The average Bonchev–Trinajstić information content (AvgIpc) is 2.56. The first kappa shape index (κ1) is 10.6. The quantitative estimate of drug-likeness (QED) is 0.706. The summed E-state index contributed by atoms with van der Waals surface area (Å²) in [5.74, 6) is 1.03. The number of fused-ring (bicyclic) bond motifs is 1. The van der Waals surface area contributed by atoms with E-state index in [4.69, 9.17) is 16.0 Å². The standard InChI is InChI=1S/C13H15ClO/c1-9-3-6-13-11(7-9)8-12(15-13)5-4-10(2)14/h3,6-8,10H,4-5H2,1-2H3. The van der Waals surface area contributed by atoms with Gasteiger partial charge in [-0.3, -0.25) is 0 Å². The molecule has 0 bridgehead atoms. The Morgan fingerprint density at radius 1 is 1.33 bits per heavy atom. The largest absolute Gasteiger partial charge is 0.461 e. The van der Waals surface area contributed by atoms with E-state index in [1.54, 1.807) is 0 Å². The van der Waals surface area contributed by atoms with Crippen LogP contribution in [0.15, 0.2) is 28.7 Å². The molecule has 15 heavy (non-hydrogen) atoms. The third-order valence-corrected chi connectivity index (χ3v) is 2.73. The van der Waals surface area contributed by atoms with Crippen LogP contribution in [0.5, 0.6) is 0 Å². The van der Waals surface area contributed by atoms with Crippen molar-refractivity contribution in [2.45, 2.75) is 32.1 Å². The number of rotatable bonds is 3. The predicted molar refractivity (Wildman–Crippen MR) is 64.6 cm³/mol. The normalized spacial score (nSPS) is 13.3. The van der Waals surface area contributed by atoms with Gasteiger partial charge in [-0.2, -0.15) is 0 Å². The van der Waals surface area contributed by atoms with Crippen molar-refractivity contribution in [2.75, 3.05) is 0 Å². The maximum Gasteiger partial charge on any atom is 0.134 e. The lowest BCUT2D eigenvalue weighted by Crippen LogP contribution is -1.92. The highest BCUT2D eigenvalue weighted by Crippen LogP contribution is 2.22. The maximum absolute atomic E-state index is 5.91. The van der Waals surface area contributed by atoms with Crippen molar-refractivity contribution in [1.29, 1.82) is 0 Å². The molecule has 1 heterocycles. The van der Waals surface area contributed by atoms with Gasteiger partial charge < -0.3 is 4.42 Å². The fourth-order valence-corrected chi connectivity index (χ4v) is 1.79. The van der Waals surface area contributed by atoms with Crippen molar-refractivity contribution < 1.29 is 4.42 Å². The van der Waals surface area contributed by atoms with Crippen molar-refractivity contribution in [3.63, 3.8) is 0 Å². The highest BCUT2D eigenvalue weighted by molar-refractivity contribution is 6.20. The van der Waals surface area contributed by atoms with Crippen LogP contribution in [0.25, 0.3) is 11.0 Å². The lowest BCUT2D eigenvalue weighted by molar-refractivity contribution is 0.537. The van der Waals surface area contributed by atoms with E-state index in [9.17, 15) is 0 Å². The molecule has 1 aromatic heterocycles. The van der Waals surface area contributed by atoms with E-state index in [-0.39, 0.29) is 5.38 Å². The number of alkyl halides is 1. The van der Waals surface area contributed by atoms with Crippen molar-refractivity contribution in [3.8, 4) is 0 Å². The lowest BCUT2D eigenvalue weighted by atomic mass is 10.1. The predicted octanol–water partition coefficient (Wildman–Crippen LogP) is 4.30. The molecule has 0 amide bonds. The van der Waals surface area contributed by atoms with Gasteiger partial charge in [0.05, 0.1) is 0 Å². The average molecular weight is 223 g/mol. The first-order valence-corrected chi connectivity index (χ1v) is 5.72. The van der Waals surface area contributed by atoms with E-state index < -0.39 is 0 Å². The first-order valence-electron chi connectivity index (χ1n) is 5.28. The molecule has 0 saturated carbocycles. The van der Waals surface area contributed by atoms with Crippen LogP contribution >= 0.6 is 11.6 Å². The Morgan fingerprint density at radius 2 is 2.13 bits per heavy atom. The minimum atomic E-state index is 0.208. The van der Waals surface area contributed by atoms with Crippen molar-refractivity contribution in [1.82, 2.24) is 0 Å². The second kappa shape index (κ2) is 4.28. The van der Waals surface area contributed by atoms with E-state index in [0.29, 0.717) is 0 Å². The summed E-state index contributed by atoms with van der Waals surface area (Å²) < 4.78 is 5.71. The summed E-state index contributed by atoms with van der Waals surface area (Å²) in [6.07, 6.45) is 1.87. The Balaban J connectivity index is 2.23. The smallest absolute Gasteiger partial charge is 0.134 e. The van der Waals surface area contributed by atoms with Crippen LogP contribution in [-0.2, 0) is 6.42 Å². The van der Waals surface area contributed by atoms with Crippen LogP contribution in [0.3, 0.4) is 0 Å². The number of benzene rings is 1. The molecular weight excluding hydrogens is 208 g/mol. The Hall–Kier alpha value is -0.950. The van der Waals surface area contributed by atoms with Crippen LogP contribution < -0.4 is 0 Å². The van der Waals surface area contributed by atoms with Crippen LogP contribution in [0.4, 0.5) is 0 Å². The topological polar surface area (TPSA) is 13.1 Å². The van der Waals surface area contributed by atoms with Gasteiger partial charge in [0.1, 0.15) is 11.3 Å². The Labute approximate surface area is 95.0 Å². The number of furan rings is 1. The molecule has 0 fully saturated rings. The van der Waals surface area contributed by atoms with Gasteiger partial charge in [0.25, 0.3) is 0 Å². The van der Waals surface area contributed by atoms with Gasteiger partial charge in [-0.15, -0.1) is 11.6 Å². The minimum Gasteiger partial charge on any atom is -0.461 e. The number of aryl methyl sites for hydroxylation is 2. The highest BCUT2D eigenvalue weighted by Gasteiger charge is 2.05. The van der Waals surface area contributed by atoms with E-state index in [2.05, 4.69) is 25.1 Å². The first-order chi connectivity index (χ1) is 7.15. The summed E-state index contributed by atoms with van der Waals surface area (Å²) in [5.41, 5.74) is 2.23. The van der Waals surface area contributed by atoms with Crippen LogP contribution in [0, 0.1) is 6.92 Å². The van der Waals surface area contributed by atoms with E-state index in [1.807, 2.05) is 13.0 Å². The molecular formula is C13H15ClO. The zero-order chi connectivity index (χ0) is 10.8. The fraction of sp³-hybridized carbons (Fsp3) is 0.385. The maximum atomic E-state index is 5.91. The highest BCUT2D eigenvalue weighted by atomic mass is 35.5. The zero-order valence-corrected chi connectivity index (χ0v) is 9.84. The lowest BCUT2D eigenvalue weighted by Gasteiger charge is -1.98. The number of hydrogen-bond acceptors (Lipinski definition) is 1. The number of hydrogen-bond donors (Lipinski definition) is 0. The molecule has 0 spiro atoms. The molecule has 1 atom stereocenters.